The number of fused-ring (bicyclic) bond motifs is 1. The molecule has 0 bridgehead atoms. The Morgan fingerprint density at radius 3 is 2.71 bits per heavy atom. The van der Waals surface area contributed by atoms with Crippen molar-refractivity contribution in [1.29, 1.82) is 0 Å². The van der Waals surface area contributed by atoms with Gasteiger partial charge in [0.1, 0.15) is 5.82 Å². The first-order chi connectivity index (χ1) is 6.81. The molecule has 3 heteroatoms. The predicted molar refractivity (Wildman–Crippen MR) is 59.3 cm³/mol. The molecule has 2 heterocycles. The van der Waals surface area contributed by atoms with Crippen molar-refractivity contribution in [2.24, 2.45) is 0 Å². The number of likely N-dealkylation sites (N-methyl/N-ethyl adjacent to an activating group) is 1. The zero-order chi connectivity index (χ0) is 10.6. The molecule has 0 saturated carbocycles. The number of aromatic nitrogens is 2. The van der Waals surface area contributed by atoms with E-state index in [-0.39, 0.29) is 0 Å². The van der Waals surface area contributed by atoms with E-state index in [0.29, 0.717) is 0 Å². The maximum Gasteiger partial charge on any atom is 0.123 e. The van der Waals surface area contributed by atoms with Crippen LogP contribution in [0.3, 0.4) is 0 Å². The van der Waals surface area contributed by atoms with Crippen LogP contribution in [-0.2, 0) is 19.5 Å². The molecule has 0 spiro atoms. The Kier molecular flexibility index (Phi) is 4.14. The predicted octanol–water partition coefficient (Wildman–Crippen LogP) is 1.92. The van der Waals surface area contributed by atoms with Crippen molar-refractivity contribution in [1.82, 2.24) is 14.5 Å². The second kappa shape index (κ2) is 5.15. The van der Waals surface area contributed by atoms with Crippen molar-refractivity contribution in [3.05, 3.63) is 17.7 Å². The fraction of sp³-hybridized carbons (Fsp3) is 0.727. The second-order valence-corrected chi connectivity index (χ2v) is 3.41. The largest absolute Gasteiger partial charge is 0.330 e. The van der Waals surface area contributed by atoms with Gasteiger partial charge >= 0.3 is 0 Å². The molecule has 0 amide bonds. The fourth-order valence-electron chi connectivity index (χ4n) is 1.73. The molecule has 0 fully saturated rings. The van der Waals surface area contributed by atoms with Crippen molar-refractivity contribution < 1.29 is 0 Å². The van der Waals surface area contributed by atoms with Gasteiger partial charge in [0.2, 0.25) is 0 Å². The van der Waals surface area contributed by atoms with Gasteiger partial charge < -0.3 is 4.57 Å². The molecule has 14 heavy (non-hydrogen) atoms. The van der Waals surface area contributed by atoms with Gasteiger partial charge in [0.25, 0.3) is 0 Å². The summed E-state index contributed by atoms with van der Waals surface area (Å²) < 4.78 is 2.35. The summed E-state index contributed by atoms with van der Waals surface area (Å²) in [7, 11) is 2.14. The third kappa shape index (κ3) is 2.15. The molecule has 1 aromatic heterocycles. The normalized spacial score (nSPS) is 15.7. The van der Waals surface area contributed by atoms with Gasteiger partial charge in [0.05, 0.1) is 6.54 Å². The summed E-state index contributed by atoms with van der Waals surface area (Å²) in [4.78, 5) is 6.71. The van der Waals surface area contributed by atoms with E-state index >= 15 is 0 Å². The van der Waals surface area contributed by atoms with Crippen LogP contribution in [0.1, 0.15) is 32.3 Å². The highest BCUT2D eigenvalue weighted by atomic mass is 15.2. The summed E-state index contributed by atoms with van der Waals surface area (Å²) in [6.07, 6.45) is 3.10. The van der Waals surface area contributed by atoms with Gasteiger partial charge in [-0.3, -0.25) is 4.90 Å². The van der Waals surface area contributed by atoms with Gasteiger partial charge in [-0.2, -0.15) is 0 Å². The zero-order valence-corrected chi connectivity index (χ0v) is 9.75. The Hall–Kier alpha value is -0.830. The van der Waals surface area contributed by atoms with E-state index in [4.69, 9.17) is 0 Å². The molecule has 1 aliphatic heterocycles. The van der Waals surface area contributed by atoms with Crippen molar-refractivity contribution in [2.45, 2.75) is 40.3 Å². The van der Waals surface area contributed by atoms with Crippen LogP contribution in [0.25, 0.3) is 0 Å². The highest BCUT2D eigenvalue weighted by molar-refractivity contribution is 5.07. The average molecular weight is 195 g/mol. The third-order valence-electron chi connectivity index (χ3n) is 2.50. The zero-order valence-electron chi connectivity index (χ0n) is 9.75. The lowest BCUT2D eigenvalue weighted by atomic mass is 10.3. The first-order valence-corrected chi connectivity index (χ1v) is 5.53. The number of nitrogens with zero attached hydrogens (tertiary/aromatic N) is 3. The van der Waals surface area contributed by atoms with E-state index in [1.807, 2.05) is 20.0 Å². The van der Waals surface area contributed by atoms with Crippen molar-refractivity contribution in [3.8, 4) is 0 Å². The molecule has 80 valence electrons. The molecule has 0 aliphatic carbocycles. The Morgan fingerprint density at radius 1 is 1.36 bits per heavy atom. The van der Waals surface area contributed by atoms with Gasteiger partial charge in [0.15, 0.2) is 0 Å². The molecule has 0 saturated heterocycles. The Balaban J connectivity index is 0.000000461. The summed E-state index contributed by atoms with van der Waals surface area (Å²) in [6.45, 7) is 9.44. The summed E-state index contributed by atoms with van der Waals surface area (Å²) >= 11 is 0. The summed E-state index contributed by atoms with van der Waals surface area (Å²) in [5.41, 5.74) is 1.37. The number of aryl methyl sites for hydroxylation is 1. The molecule has 0 unspecified atom stereocenters. The molecule has 3 nitrogen and oxygen atoms in total. The van der Waals surface area contributed by atoms with Gasteiger partial charge in [-0.15, -0.1) is 0 Å². The third-order valence-corrected chi connectivity index (χ3v) is 2.50. The van der Waals surface area contributed by atoms with E-state index < -0.39 is 0 Å². The monoisotopic (exact) mass is 195 g/mol. The number of hydrogen-bond acceptors (Lipinski definition) is 2. The van der Waals surface area contributed by atoms with Gasteiger partial charge in [-0.25, -0.2) is 4.98 Å². The van der Waals surface area contributed by atoms with Crippen molar-refractivity contribution in [2.75, 3.05) is 13.6 Å². The Labute approximate surface area is 86.7 Å². The first-order valence-electron chi connectivity index (χ1n) is 5.53. The molecular weight excluding hydrogens is 174 g/mol. The number of rotatable bonds is 1. The minimum absolute atomic E-state index is 1.00. The van der Waals surface area contributed by atoms with Crippen molar-refractivity contribution in [3.63, 3.8) is 0 Å². The highest BCUT2D eigenvalue weighted by Crippen LogP contribution is 2.12. The summed E-state index contributed by atoms with van der Waals surface area (Å²) in [5, 5.41) is 0. The molecule has 1 aliphatic rings. The van der Waals surface area contributed by atoms with Crippen LogP contribution in [0.15, 0.2) is 6.20 Å². The van der Waals surface area contributed by atoms with E-state index in [0.717, 1.165) is 26.1 Å². The smallest absolute Gasteiger partial charge is 0.123 e. The number of hydrogen-bond donors (Lipinski definition) is 0. The molecule has 0 atom stereocenters. The number of imidazole rings is 1. The minimum atomic E-state index is 1.00. The Morgan fingerprint density at radius 2 is 2.07 bits per heavy atom. The SMILES string of the molecule is CC.CCc1cnc2n1CCN(C)C2. The molecule has 1 aromatic rings. The van der Waals surface area contributed by atoms with Crippen molar-refractivity contribution >= 4 is 0 Å². The summed E-state index contributed by atoms with van der Waals surface area (Å²) in [5.74, 6) is 1.22. The first kappa shape index (κ1) is 11.2. The maximum atomic E-state index is 4.40. The van der Waals surface area contributed by atoms with Crippen LogP contribution in [0.4, 0.5) is 0 Å². The molecule has 2 rings (SSSR count). The van der Waals surface area contributed by atoms with Crippen LogP contribution >= 0.6 is 0 Å². The molecule has 0 N–H and O–H groups in total. The molecular formula is C11H21N3. The van der Waals surface area contributed by atoms with Crippen LogP contribution in [0.5, 0.6) is 0 Å². The molecule has 0 radical (unpaired) electrons. The van der Waals surface area contributed by atoms with Crippen LogP contribution in [0, 0.1) is 0 Å². The minimum Gasteiger partial charge on any atom is -0.330 e. The maximum absolute atomic E-state index is 4.40. The van der Waals surface area contributed by atoms with E-state index in [2.05, 4.69) is 28.4 Å². The van der Waals surface area contributed by atoms with E-state index in [1.165, 1.54) is 11.5 Å². The fourth-order valence-corrected chi connectivity index (χ4v) is 1.73. The van der Waals surface area contributed by atoms with E-state index in [9.17, 15) is 0 Å². The van der Waals surface area contributed by atoms with Gasteiger partial charge in [0, 0.05) is 25.0 Å². The average Bonchev–Trinajstić information content (AvgIpc) is 2.62. The topological polar surface area (TPSA) is 21.1 Å². The highest BCUT2D eigenvalue weighted by Gasteiger charge is 2.15. The standard InChI is InChI=1S/C9H15N3.C2H6/c1-3-8-6-10-9-7-11(2)4-5-12(8)9;1-2/h6H,3-5,7H2,1-2H3;1-2H3. The van der Waals surface area contributed by atoms with Gasteiger partial charge in [-0.05, 0) is 13.5 Å². The van der Waals surface area contributed by atoms with E-state index in [1.54, 1.807) is 0 Å². The Bertz CT molecular complexity index is 278. The van der Waals surface area contributed by atoms with Crippen LogP contribution in [0.2, 0.25) is 0 Å². The lowest BCUT2D eigenvalue weighted by Crippen LogP contribution is -2.31. The summed E-state index contributed by atoms with van der Waals surface area (Å²) in [6, 6.07) is 0. The molecule has 0 aromatic carbocycles. The quantitative estimate of drug-likeness (QED) is 0.682. The van der Waals surface area contributed by atoms with Crippen LogP contribution < -0.4 is 0 Å². The second-order valence-electron chi connectivity index (χ2n) is 3.41. The lowest BCUT2D eigenvalue weighted by molar-refractivity contribution is 0.262. The van der Waals surface area contributed by atoms with Crippen LogP contribution in [-0.4, -0.2) is 28.0 Å². The lowest BCUT2D eigenvalue weighted by Gasteiger charge is -2.24. The van der Waals surface area contributed by atoms with Gasteiger partial charge in [-0.1, -0.05) is 20.8 Å².